The zero-order valence-electron chi connectivity index (χ0n) is 13.5. The zero-order chi connectivity index (χ0) is 16.4. The SMILES string of the molecule is Cc1cnc(-c2nnc([C@H]3CCN(Cc4ccncc4)C3)o2)cn1. The number of rotatable bonds is 4. The Morgan fingerprint density at radius 1 is 1.17 bits per heavy atom. The summed E-state index contributed by atoms with van der Waals surface area (Å²) in [5, 5.41) is 8.34. The van der Waals surface area contributed by atoms with Crippen molar-refractivity contribution in [2.45, 2.75) is 25.8 Å². The Balaban J connectivity index is 1.43. The van der Waals surface area contributed by atoms with Gasteiger partial charge in [0, 0.05) is 31.7 Å². The Kier molecular flexibility index (Phi) is 4.00. The van der Waals surface area contributed by atoms with Crippen LogP contribution in [-0.4, -0.2) is 43.1 Å². The number of hydrogen-bond donors (Lipinski definition) is 0. The molecule has 0 radical (unpaired) electrons. The van der Waals surface area contributed by atoms with Crippen LogP contribution in [0.3, 0.4) is 0 Å². The van der Waals surface area contributed by atoms with E-state index >= 15 is 0 Å². The molecule has 1 aliphatic rings. The molecule has 3 aromatic rings. The summed E-state index contributed by atoms with van der Waals surface area (Å²) >= 11 is 0. The van der Waals surface area contributed by atoms with Crippen molar-refractivity contribution in [2.75, 3.05) is 13.1 Å². The molecule has 0 spiro atoms. The fourth-order valence-corrected chi connectivity index (χ4v) is 2.93. The fraction of sp³-hybridized carbons (Fsp3) is 0.353. The molecule has 3 aromatic heterocycles. The molecule has 1 atom stereocenters. The van der Waals surface area contributed by atoms with Crippen molar-refractivity contribution in [2.24, 2.45) is 0 Å². The molecule has 24 heavy (non-hydrogen) atoms. The Bertz CT molecular complexity index is 801. The van der Waals surface area contributed by atoms with E-state index in [0.29, 0.717) is 17.5 Å². The predicted octanol–water partition coefficient (Wildman–Crippen LogP) is 2.22. The number of pyridine rings is 1. The number of aryl methyl sites for hydroxylation is 1. The highest BCUT2D eigenvalue weighted by atomic mass is 16.4. The Morgan fingerprint density at radius 2 is 2.04 bits per heavy atom. The van der Waals surface area contributed by atoms with E-state index in [-0.39, 0.29) is 5.92 Å². The van der Waals surface area contributed by atoms with Gasteiger partial charge in [0.05, 0.1) is 17.8 Å². The first kappa shape index (κ1) is 14.9. The number of nitrogens with zero attached hydrogens (tertiary/aromatic N) is 6. The third-order valence-electron chi connectivity index (χ3n) is 4.22. The van der Waals surface area contributed by atoms with Crippen molar-refractivity contribution in [1.29, 1.82) is 0 Å². The summed E-state index contributed by atoms with van der Waals surface area (Å²) in [6.07, 6.45) is 8.04. The third-order valence-corrected chi connectivity index (χ3v) is 4.22. The van der Waals surface area contributed by atoms with Crippen molar-refractivity contribution < 1.29 is 4.42 Å². The van der Waals surface area contributed by atoms with Gasteiger partial charge in [-0.2, -0.15) is 0 Å². The molecule has 7 nitrogen and oxygen atoms in total. The van der Waals surface area contributed by atoms with Crippen LogP contribution in [-0.2, 0) is 6.54 Å². The molecule has 4 heterocycles. The van der Waals surface area contributed by atoms with Gasteiger partial charge >= 0.3 is 0 Å². The van der Waals surface area contributed by atoms with Crippen molar-refractivity contribution in [3.05, 3.63) is 54.1 Å². The number of likely N-dealkylation sites (tertiary alicyclic amines) is 1. The summed E-state index contributed by atoms with van der Waals surface area (Å²) in [6.45, 7) is 4.76. The van der Waals surface area contributed by atoms with E-state index < -0.39 is 0 Å². The average Bonchev–Trinajstić information content (AvgIpc) is 3.26. The smallest absolute Gasteiger partial charge is 0.267 e. The lowest BCUT2D eigenvalue weighted by molar-refractivity contribution is 0.320. The maximum Gasteiger partial charge on any atom is 0.267 e. The van der Waals surface area contributed by atoms with Crippen LogP contribution in [0.5, 0.6) is 0 Å². The number of aromatic nitrogens is 5. The molecule has 4 rings (SSSR count). The lowest BCUT2D eigenvalue weighted by atomic mass is 10.1. The standard InChI is InChI=1S/C17H18N6O/c1-12-8-20-15(9-19-12)17-22-21-16(24-17)14-4-7-23(11-14)10-13-2-5-18-6-3-13/h2-3,5-6,8-9,14H,4,7,10-11H2,1H3/t14-/m0/s1. The first-order valence-corrected chi connectivity index (χ1v) is 8.01. The molecule has 0 aromatic carbocycles. The molecule has 1 aliphatic heterocycles. The van der Waals surface area contributed by atoms with E-state index in [1.54, 1.807) is 12.4 Å². The highest BCUT2D eigenvalue weighted by Crippen LogP contribution is 2.28. The van der Waals surface area contributed by atoms with Crippen LogP contribution < -0.4 is 0 Å². The second-order valence-electron chi connectivity index (χ2n) is 6.06. The first-order chi connectivity index (χ1) is 11.8. The molecule has 0 amide bonds. The highest BCUT2D eigenvalue weighted by molar-refractivity contribution is 5.43. The molecule has 7 heteroatoms. The predicted molar refractivity (Wildman–Crippen MR) is 86.9 cm³/mol. The summed E-state index contributed by atoms with van der Waals surface area (Å²) < 4.78 is 5.83. The fourth-order valence-electron chi connectivity index (χ4n) is 2.93. The van der Waals surface area contributed by atoms with Gasteiger partial charge in [-0.25, -0.2) is 4.98 Å². The van der Waals surface area contributed by atoms with Gasteiger partial charge in [-0.1, -0.05) is 0 Å². The van der Waals surface area contributed by atoms with Gasteiger partial charge in [0.15, 0.2) is 0 Å². The van der Waals surface area contributed by atoms with Crippen LogP contribution in [0.2, 0.25) is 0 Å². The molecule has 0 bridgehead atoms. The van der Waals surface area contributed by atoms with Crippen LogP contribution in [0.15, 0.2) is 41.3 Å². The second kappa shape index (κ2) is 6.45. The molecule has 1 saturated heterocycles. The molecule has 0 aliphatic carbocycles. The van der Waals surface area contributed by atoms with Gasteiger partial charge in [0.1, 0.15) is 5.69 Å². The van der Waals surface area contributed by atoms with E-state index in [2.05, 4.69) is 30.0 Å². The van der Waals surface area contributed by atoms with E-state index in [4.69, 9.17) is 4.42 Å². The van der Waals surface area contributed by atoms with Crippen molar-refractivity contribution in [1.82, 2.24) is 30.0 Å². The average molecular weight is 322 g/mol. The quantitative estimate of drug-likeness (QED) is 0.728. The molecular weight excluding hydrogens is 304 g/mol. The normalized spacial score (nSPS) is 18.1. The van der Waals surface area contributed by atoms with Gasteiger partial charge in [-0.05, 0) is 37.6 Å². The zero-order valence-corrected chi connectivity index (χ0v) is 13.5. The molecular formula is C17H18N6O. The van der Waals surface area contributed by atoms with Crippen LogP contribution in [0.1, 0.15) is 29.5 Å². The summed E-state index contributed by atoms with van der Waals surface area (Å²) in [6, 6.07) is 4.10. The minimum Gasteiger partial charge on any atom is -0.419 e. The van der Waals surface area contributed by atoms with Crippen LogP contribution in [0, 0.1) is 6.92 Å². The summed E-state index contributed by atoms with van der Waals surface area (Å²) in [4.78, 5) is 15.0. The molecule has 122 valence electrons. The Hall–Kier alpha value is -2.67. The molecule has 1 fully saturated rings. The monoisotopic (exact) mass is 322 g/mol. The van der Waals surface area contributed by atoms with Crippen LogP contribution >= 0.6 is 0 Å². The van der Waals surface area contributed by atoms with E-state index in [0.717, 1.165) is 31.7 Å². The molecule has 0 N–H and O–H groups in total. The Labute approximate surface area is 139 Å². The van der Waals surface area contributed by atoms with Crippen LogP contribution in [0.4, 0.5) is 0 Å². The lowest BCUT2D eigenvalue weighted by Crippen LogP contribution is -2.19. The Morgan fingerprint density at radius 3 is 2.83 bits per heavy atom. The topological polar surface area (TPSA) is 80.8 Å². The van der Waals surface area contributed by atoms with E-state index in [1.165, 1.54) is 5.56 Å². The summed E-state index contributed by atoms with van der Waals surface area (Å²) in [7, 11) is 0. The third kappa shape index (κ3) is 3.16. The summed E-state index contributed by atoms with van der Waals surface area (Å²) in [5.74, 6) is 1.39. The second-order valence-corrected chi connectivity index (χ2v) is 6.06. The highest BCUT2D eigenvalue weighted by Gasteiger charge is 2.28. The minimum atomic E-state index is 0.270. The molecule has 0 unspecified atom stereocenters. The maximum atomic E-state index is 5.83. The van der Waals surface area contributed by atoms with Gasteiger partial charge in [0.25, 0.3) is 5.89 Å². The van der Waals surface area contributed by atoms with Gasteiger partial charge in [0.2, 0.25) is 5.89 Å². The van der Waals surface area contributed by atoms with Crippen LogP contribution in [0.25, 0.3) is 11.6 Å². The van der Waals surface area contributed by atoms with Gasteiger partial charge < -0.3 is 4.42 Å². The first-order valence-electron chi connectivity index (χ1n) is 8.01. The number of hydrogen-bond acceptors (Lipinski definition) is 7. The summed E-state index contributed by atoms with van der Waals surface area (Å²) in [5.41, 5.74) is 2.75. The van der Waals surface area contributed by atoms with Crippen molar-refractivity contribution >= 4 is 0 Å². The van der Waals surface area contributed by atoms with Crippen molar-refractivity contribution in [3.8, 4) is 11.6 Å². The minimum absolute atomic E-state index is 0.270. The largest absolute Gasteiger partial charge is 0.419 e. The van der Waals surface area contributed by atoms with E-state index in [1.807, 2.05) is 31.5 Å². The lowest BCUT2D eigenvalue weighted by Gasteiger charge is -2.14. The van der Waals surface area contributed by atoms with E-state index in [9.17, 15) is 0 Å². The maximum absolute atomic E-state index is 5.83. The van der Waals surface area contributed by atoms with Gasteiger partial charge in [-0.3, -0.25) is 14.9 Å². The van der Waals surface area contributed by atoms with Gasteiger partial charge in [-0.15, -0.1) is 10.2 Å². The van der Waals surface area contributed by atoms with Crippen molar-refractivity contribution in [3.63, 3.8) is 0 Å². The molecule has 0 saturated carbocycles.